The van der Waals surface area contributed by atoms with Gasteiger partial charge >= 0.3 is 5.97 Å². The maximum atomic E-state index is 11.8. The normalized spacial score (nSPS) is 20.2. The Morgan fingerprint density at radius 2 is 2.11 bits per heavy atom. The average molecular weight is 275 g/mol. The minimum absolute atomic E-state index is 0.0672. The van der Waals surface area contributed by atoms with Gasteiger partial charge in [-0.2, -0.15) is 18.0 Å². The van der Waals surface area contributed by atoms with Crippen molar-refractivity contribution in [3.63, 3.8) is 0 Å². The zero-order chi connectivity index (χ0) is 13.8. The van der Waals surface area contributed by atoms with Crippen LogP contribution in [0.2, 0.25) is 0 Å². The van der Waals surface area contributed by atoms with Crippen molar-refractivity contribution in [1.29, 1.82) is 5.26 Å². The Morgan fingerprint density at radius 1 is 1.56 bits per heavy atom. The molecule has 102 valence electrons. The molecule has 1 rings (SSSR count). The molecule has 1 heterocycles. The fraction of sp³-hybridized carbons (Fsp3) is 0.800. The van der Waals surface area contributed by atoms with Crippen molar-refractivity contribution in [2.24, 2.45) is 11.8 Å². The summed E-state index contributed by atoms with van der Waals surface area (Å²) < 4.78 is 27.3. The molecule has 1 atom stereocenters. The summed E-state index contributed by atoms with van der Waals surface area (Å²) in [4.78, 5) is 10.7. The van der Waals surface area contributed by atoms with E-state index < -0.39 is 28.0 Å². The summed E-state index contributed by atoms with van der Waals surface area (Å²) in [5.41, 5.74) is 0. The highest BCUT2D eigenvalue weighted by molar-refractivity contribution is 7.87. The number of carboxylic acids is 1. The highest BCUT2D eigenvalue weighted by Gasteiger charge is 2.30. The van der Waals surface area contributed by atoms with Crippen molar-refractivity contribution in [2.75, 3.05) is 19.6 Å². The first-order valence-electron chi connectivity index (χ1n) is 5.74. The van der Waals surface area contributed by atoms with Crippen molar-refractivity contribution in [3.8, 4) is 6.07 Å². The maximum absolute atomic E-state index is 11.8. The topological polar surface area (TPSA) is 111 Å². The number of hydrogen-bond acceptors (Lipinski definition) is 4. The third-order valence-electron chi connectivity index (χ3n) is 2.94. The molecule has 8 heteroatoms. The van der Waals surface area contributed by atoms with Crippen molar-refractivity contribution in [3.05, 3.63) is 0 Å². The highest BCUT2D eigenvalue weighted by Crippen LogP contribution is 2.19. The monoisotopic (exact) mass is 275 g/mol. The Kier molecular flexibility index (Phi) is 5.07. The van der Waals surface area contributed by atoms with Crippen LogP contribution in [-0.2, 0) is 15.0 Å². The molecule has 0 aromatic heterocycles. The minimum Gasteiger partial charge on any atom is -0.481 e. The first-order chi connectivity index (χ1) is 8.36. The van der Waals surface area contributed by atoms with E-state index in [4.69, 9.17) is 10.4 Å². The Hall–Kier alpha value is -1.17. The molecule has 0 aliphatic carbocycles. The van der Waals surface area contributed by atoms with Gasteiger partial charge in [-0.15, -0.1) is 0 Å². The predicted octanol–water partition coefficient (Wildman–Crippen LogP) is -0.223. The molecule has 0 spiro atoms. The number of rotatable bonds is 5. The van der Waals surface area contributed by atoms with E-state index in [-0.39, 0.29) is 19.6 Å². The molecular formula is C10H17N3O4S. The molecule has 2 N–H and O–H groups in total. The zero-order valence-corrected chi connectivity index (χ0v) is 11.0. The molecule has 1 saturated heterocycles. The van der Waals surface area contributed by atoms with Crippen LogP contribution in [0.15, 0.2) is 0 Å². The lowest BCUT2D eigenvalue weighted by molar-refractivity contribution is -0.142. The second-order valence-electron chi connectivity index (χ2n) is 4.40. The van der Waals surface area contributed by atoms with Gasteiger partial charge in [-0.25, -0.2) is 4.72 Å². The largest absolute Gasteiger partial charge is 0.481 e. The van der Waals surface area contributed by atoms with Gasteiger partial charge in [0.15, 0.2) is 0 Å². The number of hydrogen-bond donors (Lipinski definition) is 2. The van der Waals surface area contributed by atoms with Crippen molar-refractivity contribution >= 4 is 16.2 Å². The van der Waals surface area contributed by atoms with Gasteiger partial charge < -0.3 is 5.11 Å². The molecule has 0 radical (unpaired) electrons. The van der Waals surface area contributed by atoms with Crippen LogP contribution in [0.25, 0.3) is 0 Å². The third kappa shape index (κ3) is 3.94. The van der Waals surface area contributed by atoms with Gasteiger partial charge in [-0.05, 0) is 19.8 Å². The van der Waals surface area contributed by atoms with Crippen molar-refractivity contribution in [1.82, 2.24) is 9.03 Å². The van der Waals surface area contributed by atoms with E-state index >= 15 is 0 Å². The van der Waals surface area contributed by atoms with E-state index in [1.54, 1.807) is 6.92 Å². The number of nitrogens with zero attached hydrogens (tertiary/aromatic N) is 2. The van der Waals surface area contributed by atoms with Crippen LogP contribution in [0.5, 0.6) is 0 Å². The summed E-state index contributed by atoms with van der Waals surface area (Å²) >= 11 is 0. The molecule has 0 aromatic carbocycles. The van der Waals surface area contributed by atoms with Crippen LogP contribution in [0, 0.1) is 23.2 Å². The van der Waals surface area contributed by atoms with Crippen LogP contribution >= 0.6 is 0 Å². The number of carboxylic acid groups (broad SMARTS) is 1. The average Bonchev–Trinajstić information content (AvgIpc) is 2.36. The third-order valence-corrected chi connectivity index (χ3v) is 4.51. The molecule has 1 unspecified atom stereocenters. The Balaban J connectivity index is 2.51. The van der Waals surface area contributed by atoms with E-state index in [0.29, 0.717) is 12.8 Å². The number of carbonyl (C=O) groups is 1. The highest BCUT2D eigenvalue weighted by atomic mass is 32.2. The van der Waals surface area contributed by atoms with Crippen LogP contribution < -0.4 is 4.72 Å². The van der Waals surface area contributed by atoms with E-state index in [0.717, 1.165) is 0 Å². The second kappa shape index (κ2) is 6.13. The first-order valence-corrected chi connectivity index (χ1v) is 7.18. The number of nitrogens with one attached hydrogen (secondary N) is 1. The molecule has 7 nitrogen and oxygen atoms in total. The molecule has 0 aromatic rings. The Bertz CT molecular complexity index is 435. The molecule has 18 heavy (non-hydrogen) atoms. The number of aliphatic carboxylic acids is 1. The minimum atomic E-state index is -3.60. The summed E-state index contributed by atoms with van der Waals surface area (Å²) in [6.45, 7) is 2.09. The van der Waals surface area contributed by atoms with E-state index in [2.05, 4.69) is 4.72 Å². The van der Waals surface area contributed by atoms with Crippen LogP contribution in [-0.4, -0.2) is 43.4 Å². The van der Waals surface area contributed by atoms with Gasteiger partial charge in [0.2, 0.25) is 0 Å². The smallest absolute Gasteiger partial charge is 0.306 e. The molecular weight excluding hydrogens is 258 g/mol. The second-order valence-corrected chi connectivity index (χ2v) is 6.15. The van der Waals surface area contributed by atoms with E-state index in [9.17, 15) is 13.2 Å². The standard InChI is InChI=1S/C10H17N3O4S/c1-8(6-11)7-12-18(16,17)13-4-2-9(3-5-13)10(14)15/h8-9,12H,2-5,7H2,1H3,(H,14,15). The number of nitriles is 1. The van der Waals surface area contributed by atoms with Crippen LogP contribution in [0.1, 0.15) is 19.8 Å². The lowest BCUT2D eigenvalue weighted by atomic mass is 9.99. The van der Waals surface area contributed by atoms with Gasteiger partial charge in [0.05, 0.1) is 17.9 Å². The maximum Gasteiger partial charge on any atom is 0.306 e. The van der Waals surface area contributed by atoms with Crippen molar-refractivity contribution in [2.45, 2.75) is 19.8 Å². The molecule has 1 aliphatic rings. The molecule has 0 amide bonds. The molecule has 0 saturated carbocycles. The summed E-state index contributed by atoms with van der Waals surface area (Å²) in [6, 6.07) is 1.94. The zero-order valence-electron chi connectivity index (χ0n) is 10.2. The first kappa shape index (κ1) is 14.9. The Labute approximate surface area is 107 Å². The van der Waals surface area contributed by atoms with E-state index in [1.807, 2.05) is 6.07 Å². The quantitative estimate of drug-likeness (QED) is 0.720. The SMILES string of the molecule is CC(C#N)CNS(=O)(=O)N1CCC(C(=O)O)CC1. The summed E-state index contributed by atoms with van der Waals surface area (Å²) in [5.74, 6) is -1.73. The number of piperidine rings is 1. The van der Waals surface area contributed by atoms with Crippen LogP contribution in [0.4, 0.5) is 0 Å². The van der Waals surface area contributed by atoms with Gasteiger partial charge in [0, 0.05) is 19.6 Å². The van der Waals surface area contributed by atoms with Gasteiger partial charge in [0.1, 0.15) is 0 Å². The Morgan fingerprint density at radius 3 is 2.56 bits per heavy atom. The fourth-order valence-electron chi connectivity index (χ4n) is 1.71. The molecule has 1 aliphatic heterocycles. The fourth-order valence-corrected chi connectivity index (χ4v) is 3.05. The van der Waals surface area contributed by atoms with Gasteiger partial charge in [0.25, 0.3) is 10.2 Å². The van der Waals surface area contributed by atoms with Gasteiger partial charge in [-0.1, -0.05) is 0 Å². The lowest BCUT2D eigenvalue weighted by Crippen LogP contribution is -2.46. The van der Waals surface area contributed by atoms with E-state index in [1.165, 1.54) is 4.31 Å². The van der Waals surface area contributed by atoms with Crippen molar-refractivity contribution < 1.29 is 18.3 Å². The van der Waals surface area contributed by atoms with Crippen LogP contribution in [0.3, 0.4) is 0 Å². The predicted molar refractivity (Wildman–Crippen MR) is 63.6 cm³/mol. The summed E-state index contributed by atoms with van der Waals surface area (Å²) in [6.07, 6.45) is 0.647. The van der Waals surface area contributed by atoms with Gasteiger partial charge in [-0.3, -0.25) is 4.79 Å². The lowest BCUT2D eigenvalue weighted by Gasteiger charge is -2.29. The molecule has 1 fully saturated rings. The molecule has 0 bridgehead atoms. The summed E-state index contributed by atoms with van der Waals surface area (Å²) in [7, 11) is -3.60. The summed E-state index contributed by atoms with van der Waals surface area (Å²) in [5, 5.41) is 17.4.